The van der Waals surface area contributed by atoms with E-state index in [1.54, 1.807) is 6.08 Å². The Morgan fingerprint density at radius 2 is 1.94 bits per heavy atom. The Morgan fingerprint density at radius 3 is 2.47 bits per heavy atom. The zero-order valence-electron chi connectivity index (χ0n) is 10.6. The standard InChI is InChI=1S/C14H19NO2/c1-5-6-15-13(14(16)17)12-8-10(3)9(2)7-11(12)4/h5,7-8,13,15H,1,6H2,2-4H3,(H,16,17). The highest BCUT2D eigenvalue weighted by Gasteiger charge is 2.20. The van der Waals surface area contributed by atoms with E-state index in [1.807, 2.05) is 32.9 Å². The molecule has 0 aromatic heterocycles. The smallest absolute Gasteiger partial charge is 0.325 e. The average Bonchev–Trinajstić information content (AvgIpc) is 2.25. The summed E-state index contributed by atoms with van der Waals surface area (Å²) in [7, 11) is 0. The largest absolute Gasteiger partial charge is 0.480 e. The number of aryl methyl sites for hydroxylation is 3. The molecule has 1 unspecified atom stereocenters. The number of benzene rings is 1. The fraction of sp³-hybridized carbons (Fsp3) is 0.357. The van der Waals surface area contributed by atoms with Crippen molar-refractivity contribution in [1.29, 1.82) is 0 Å². The van der Waals surface area contributed by atoms with Gasteiger partial charge in [0.25, 0.3) is 0 Å². The summed E-state index contributed by atoms with van der Waals surface area (Å²) in [4.78, 5) is 11.3. The molecular formula is C14H19NO2. The second kappa shape index (κ2) is 5.64. The summed E-state index contributed by atoms with van der Waals surface area (Å²) in [6.45, 7) is 10.0. The Balaban J connectivity index is 3.13. The number of carboxylic acid groups (broad SMARTS) is 1. The van der Waals surface area contributed by atoms with Crippen LogP contribution in [0.4, 0.5) is 0 Å². The van der Waals surface area contributed by atoms with Crippen LogP contribution in [0.15, 0.2) is 24.8 Å². The Morgan fingerprint density at radius 1 is 1.35 bits per heavy atom. The molecule has 0 radical (unpaired) electrons. The number of nitrogens with one attached hydrogen (secondary N) is 1. The summed E-state index contributed by atoms with van der Waals surface area (Å²) < 4.78 is 0. The first kappa shape index (κ1) is 13.5. The van der Waals surface area contributed by atoms with Crippen molar-refractivity contribution in [2.75, 3.05) is 6.54 Å². The zero-order chi connectivity index (χ0) is 13.0. The number of aliphatic carboxylic acids is 1. The molecule has 1 aromatic rings. The van der Waals surface area contributed by atoms with Crippen LogP contribution < -0.4 is 5.32 Å². The average molecular weight is 233 g/mol. The van der Waals surface area contributed by atoms with Gasteiger partial charge in [0.05, 0.1) is 0 Å². The van der Waals surface area contributed by atoms with E-state index in [9.17, 15) is 9.90 Å². The summed E-state index contributed by atoms with van der Waals surface area (Å²) in [5.41, 5.74) is 4.11. The first-order valence-electron chi connectivity index (χ1n) is 5.62. The summed E-state index contributed by atoms with van der Waals surface area (Å²) in [5.74, 6) is -0.863. The maximum atomic E-state index is 11.3. The van der Waals surface area contributed by atoms with Crippen molar-refractivity contribution in [3.63, 3.8) is 0 Å². The van der Waals surface area contributed by atoms with Crippen LogP contribution in [0.1, 0.15) is 28.3 Å². The summed E-state index contributed by atoms with van der Waals surface area (Å²) in [6.07, 6.45) is 1.66. The summed E-state index contributed by atoms with van der Waals surface area (Å²) >= 11 is 0. The van der Waals surface area contributed by atoms with Crippen molar-refractivity contribution >= 4 is 5.97 Å². The van der Waals surface area contributed by atoms with E-state index >= 15 is 0 Å². The van der Waals surface area contributed by atoms with E-state index in [0.29, 0.717) is 6.54 Å². The number of hydrogen-bond acceptors (Lipinski definition) is 2. The molecule has 1 atom stereocenters. The fourth-order valence-electron chi connectivity index (χ4n) is 1.83. The molecule has 3 heteroatoms. The monoisotopic (exact) mass is 233 g/mol. The van der Waals surface area contributed by atoms with Gasteiger partial charge in [-0.25, -0.2) is 0 Å². The number of carboxylic acids is 1. The van der Waals surface area contributed by atoms with Crippen molar-refractivity contribution in [2.24, 2.45) is 0 Å². The zero-order valence-corrected chi connectivity index (χ0v) is 10.6. The second-order valence-electron chi connectivity index (χ2n) is 4.26. The van der Waals surface area contributed by atoms with Crippen molar-refractivity contribution in [2.45, 2.75) is 26.8 Å². The minimum atomic E-state index is -0.863. The Kier molecular flexibility index (Phi) is 4.46. The maximum Gasteiger partial charge on any atom is 0.325 e. The molecule has 2 N–H and O–H groups in total. The topological polar surface area (TPSA) is 49.3 Å². The predicted molar refractivity (Wildman–Crippen MR) is 69.2 cm³/mol. The van der Waals surface area contributed by atoms with Gasteiger partial charge in [0, 0.05) is 6.54 Å². The van der Waals surface area contributed by atoms with Gasteiger partial charge in [-0.3, -0.25) is 10.1 Å². The number of carbonyl (C=O) groups is 1. The first-order valence-corrected chi connectivity index (χ1v) is 5.62. The van der Waals surface area contributed by atoms with E-state index in [0.717, 1.165) is 16.7 Å². The normalized spacial score (nSPS) is 12.2. The molecular weight excluding hydrogens is 214 g/mol. The molecule has 0 spiro atoms. The van der Waals surface area contributed by atoms with Gasteiger partial charge in [0.2, 0.25) is 0 Å². The molecule has 1 aromatic carbocycles. The van der Waals surface area contributed by atoms with Gasteiger partial charge in [0.15, 0.2) is 0 Å². The van der Waals surface area contributed by atoms with Crippen molar-refractivity contribution in [3.05, 3.63) is 47.0 Å². The van der Waals surface area contributed by atoms with Crippen LogP contribution in [0.3, 0.4) is 0 Å². The third kappa shape index (κ3) is 3.17. The van der Waals surface area contributed by atoms with Crippen LogP contribution in [0, 0.1) is 20.8 Å². The van der Waals surface area contributed by atoms with Gasteiger partial charge in [-0.15, -0.1) is 6.58 Å². The SMILES string of the molecule is C=CCNC(C(=O)O)c1cc(C)c(C)cc1C. The quantitative estimate of drug-likeness (QED) is 0.768. The van der Waals surface area contributed by atoms with Gasteiger partial charge in [-0.1, -0.05) is 18.2 Å². The lowest BCUT2D eigenvalue weighted by atomic mass is 9.96. The Hall–Kier alpha value is -1.61. The molecule has 0 aliphatic carbocycles. The molecule has 92 valence electrons. The highest BCUT2D eigenvalue weighted by atomic mass is 16.4. The molecule has 0 aliphatic rings. The van der Waals surface area contributed by atoms with Crippen molar-refractivity contribution < 1.29 is 9.90 Å². The molecule has 0 aliphatic heterocycles. The van der Waals surface area contributed by atoms with E-state index in [1.165, 1.54) is 5.56 Å². The first-order chi connectivity index (χ1) is 7.97. The molecule has 1 rings (SSSR count). The van der Waals surface area contributed by atoms with Crippen LogP contribution in [-0.2, 0) is 4.79 Å². The van der Waals surface area contributed by atoms with Crippen LogP contribution in [0.25, 0.3) is 0 Å². The highest BCUT2D eigenvalue weighted by Crippen LogP contribution is 2.22. The molecule has 0 saturated carbocycles. The van der Waals surface area contributed by atoms with E-state index in [2.05, 4.69) is 11.9 Å². The van der Waals surface area contributed by atoms with Crippen LogP contribution in [0.5, 0.6) is 0 Å². The highest BCUT2D eigenvalue weighted by molar-refractivity contribution is 5.76. The molecule has 0 fully saturated rings. The van der Waals surface area contributed by atoms with Gasteiger partial charge < -0.3 is 5.11 Å². The Labute approximate surface area is 102 Å². The van der Waals surface area contributed by atoms with Gasteiger partial charge in [-0.2, -0.15) is 0 Å². The van der Waals surface area contributed by atoms with Gasteiger partial charge >= 0.3 is 5.97 Å². The maximum absolute atomic E-state index is 11.3. The third-order valence-corrected chi connectivity index (χ3v) is 2.91. The molecule has 0 bridgehead atoms. The van der Waals surface area contributed by atoms with Crippen LogP contribution in [-0.4, -0.2) is 17.6 Å². The number of rotatable bonds is 5. The van der Waals surface area contributed by atoms with Crippen molar-refractivity contribution in [3.8, 4) is 0 Å². The lowest BCUT2D eigenvalue weighted by molar-refractivity contribution is -0.139. The van der Waals surface area contributed by atoms with E-state index in [4.69, 9.17) is 0 Å². The molecule has 0 heterocycles. The van der Waals surface area contributed by atoms with E-state index in [-0.39, 0.29) is 0 Å². The third-order valence-electron chi connectivity index (χ3n) is 2.91. The van der Waals surface area contributed by atoms with E-state index < -0.39 is 12.0 Å². The molecule has 3 nitrogen and oxygen atoms in total. The minimum absolute atomic E-state index is 0.476. The summed E-state index contributed by atoms with van der Waals surface area (Å²) in [5, 5.41) is 12.2. The Bertz CT molecular complexity index is 438. The fourth-order valence-corrected chi connectivity index (χ4v) is 1.83. The minimum Gasteiger partial charge on any atom is -0.480 e. The van der Waals surface area contributed by atoms with Crippen LogP contribution in [0.2, 0.25) is 0 Å². The number of hydrogen-bond donors (Lipinski definition) is 2. The summed E-state index contributed by atoms with van der Waals surface area (Å²) in [6, 6.07) is 3.29. The molecule has 0 amide bonds. The lowest BCUT2D eigenvalue weighted by Gasteiger charge is -2.17. The predicted octanol–water partition coefficient (Wildman–Crippen LogP) is 2.51. The van der Waals surface area contributed by atoms with Gasteiger partial charge in [0.1, 0.15) is 6.04 Å². The lowest BCUT2D eigenvalue weighted by Crippen LogP contribution is -2.29. The molecule has 17 heavy (non-hydrogen) atoms. The molecule has 0 saturated heterocycles. The van der Waals surface area contributed by atoms with Crippen molar-refractivity contribution in [1.82, 2.24) is 5.32 Å². The van der Waals surface area contributed by atoms with Gasteiger partial charge in [-0.05, 0) is 43.0 Å². The van der Waals surface area contributed by atoms with Crippen LogP contribution >= 0.6 is 0 Å². The second-order valence-corrected chi connectivity index (χ2v) is 4.26.